The molecule has 0 unspecified atom stereocenters. The summed E-state index contributed by atoms with van der Waals surface area (Å²) in [6, 6.07) is 5.37. The topological polar surface area (TPSA) is 12.0 Å². The van der Waals surface area contributed by atoms with Gasteiger partial charge >= 0.3 is 0 Å². The maximum Gasteiger partial charge on any atom is 0.0177 e. The van der Waals surface area contributed by atoms with E-state index in [1.54, 1.807) is 4.88 Å². The highest BCUT2D eigenvalue weighted by atomic mass is 32.1. The monoisotopic (exact) mass is 221 g/mol. The normalized spacial score (nSPS) is 35.1. The Hall–Kier alpha value is -0.340. The molecule has 2 heteroatoms. The van der Waals surface area contributed by atoms with E-state index < -0.39 is 0 Å². The Morgan fingerprint density at radius 3 is 2.80 bits per heavy atom. The molecule has 1 aromatic rings. The molecule has 2 saturated carbocycles. The van der Waals surface area contributed by atoms with E-state index in [4.69, 9.17) is 0 Å². The quantitative estimate of drug-likeness (QED) is 0.823. The summed E-state index contributed by atoms with van der Waals surface area (Å²) in [7, 11) is 0. The van der Waals surface area contributed by atoms with Crippen molar-refractivity contribution in [1.29, 1.82) is 0 Å². The molecule has 2 aliphatic carbocycles. The standard InChI is InChI=1S/C13H19NS/c1-10-7-13(8-10,9-14-11-4-5-11)12-3-2-6-15-12/h2-3,6,10-11,14H,4-5,7-9H2,1H3. The lowest BCUT2D eigenvalue weighted by molar-refractivity contribution is 0.156. The van der Waals surface area contributed by atoms with Crippen LogP contribution in [0.2, 0.25) is 0 Å². The van der Waals surface area contributed by atoms with Crippen LogP contribution in [0.4, 0.5) is 0 Å². The van der Waals surface area contributed by atoms with E-state index in [1.807, 2.05) is 11.3 Å². The Morgan fingerprint density at radius 1 is 1.47 bits per heavy atom. The van der Waals surface area contributed by atoms with Crippen LogP contribution >= 0.6 is 11.3 Å². The van der Waals surface area contributed by atoms with E-state index >= 15 is 0 Å². The minimum Gasteiger partial charge on any atom is -0.313 e. The van der Waals surface area contributed by atoms with Crippen molar-refractivity contribution in [3.05, 3.63) is 22.4 Å². The molecule has 1 nitrogen and oxygen atoms in total. The number of hydrogen-bond acceptors (Lipinski definition) is 2. The Balaban J connectivity index is 1.71. The summed E-state index contributed by atoms with van der Waals surface area (Å²) in [5.74, 6) is 0.924. The Bertz CT molecular complexity index is 320. The molecule has 0 atom stereocenters. The van der Waals surface area contributed by atoms with Gasteiger partial charge in [-0.15, -0.1) is 11.3 Å². The van der Waals surface area contributed by atoms with Crippen molar-refractivity contribution in [2.75, 3.05) is 6.54 Å². The first-order valence-corrected chi connectivity index (χ1v) is 6.94. The van der Waals surface area contributed by atoms with E-state index in [0.717, 1.165) is 12.0 Å². The number of hydrogen-bond donors (Lipinski definition) is 1. The van der Waals surface area contributed by atoms with Gasteiger partial charge in [0, 0.05) is 22.9 Å². The molecule has 0 spiro atoms. The van der Waals surface area contributed by atoms with Crippen LogP contribution in [-0.4, -0.2) is 12.6 Å². The Labute approximate surface area is 95.9 Å². The maximum atomic E-state index is 3.71. The number of rotatable bonds is 4. The first kappa shape index (κ1) is 9.86. The van der Waals surface area contributed by atoms with Crippen molar-refractivity contribution in [2.45, 2.75) is 44.1 Å². The summed E-state index contributed by atoms with van der Waals surface area (Å²) >= 11 is 1.94. The second-order valence-corrected chi connectivity index (χ2v) is 6.37. The molecule has 0 radical (unpaired) electrons. The van der Waals surface area contributed by atoms with Gasteiger partial charge in [0.15, 0.2) is 0 Å². The summed E-state index contributed by atoms with van der Waals surface area (Å²) in [5.41, 5.74) is 0.496. The minimum atomic E-state index is 0.496. The second kappa shape index (κ2) is 3.60. The largest absolute Gasteiger partial charge is 0.313 e. The van der Waals surface area contributed by atoms with Crippen LogP contribution in [0.3, 0.4) is 0 Å². The molecule has 2 fully saturated rings. The van der Waals surface area contributed by atoms with Crippen LogP contribution in [0.15, 0.2) is 17.5 Å². The van der Waals surface area contributed by atoms with Crippen LogP contribution in [0.1, 0.15) is 37.5 Å². The summed E-state index contributed by atoms with van der Waals surface area (Å²) in [4.78, 5) is 1.61. The molecule has 1 N–H and O–H groups in total. The Morgan fingerprint density at radius 2 is 2.27 bits per heavy atom. The first-order valence-electron chi connectivity index (χ1n) is 6.06. The number of nitrogens with one attached hydrogen (secondary N) is 1. The molecular weight excluding hydrogens is 202 g/mol. The zero-order chi connectivity index (χ0) is 10.3. The van der Waals surface area contributed by atoms with Gasteiger partial charge in [0.2, 0.25) is 0 Å². The van der Waals surface area contributed by atoms with Crippen molar-refractivity contribution in [1.82, 2.24) is 5.32 Å². The molecule has 1 heterocycles. The highest BCUT2D eigenvalue weighted by Gasteiger charge is 2.44. The van der Waals surface area contributed by atoms with E-state index in [2.05, 4.69) is 29.8 Å². The highest BCUT2D eigenvalue weighted by molar-refractivity contribution is 7.10. The summed E-state index contributed by atoms with van der Waals surface area (Å²) in [5, 5.41) is 5.93. The van der Waals surface area contributed by atoms with Crippen LogP contribution in [0.5, 0.6) is 0 Å². The van der Waals surface area contributed by atoms with Gasteiger partial charge in [0.05, 0.1) is 0 Å². The second-order valence-electron chi connectivity index (χ2n) is 5.43. The lowest BCUT2D eigenvalue weighted by atomic mass is 9.62. The fourth-order valence-corrected chi connectivity index (χ4v) is 3.86. The third-order valence-electron chi connectivity index (χ3n) is 3.83. The predicted octanol–water partition coefficient (Wildman–Crippen LogP) is 3.17. The van der Waals surface area contributed by atoms with E-state index in [-0.39, 0.29) is 0 Å². The van der Waals surface area contributed by atoms with E-state index in [9.17, 15) is 0 Å². The zero-order valence-electron chi connectivity index (χ0n) is 9.33. The summed E-state index contributed by atoms with van der Waals surface area (Å²) in [6.07, 6.45) is 5.56. The van der Waals surface area contributed by atoms with Crippen LogP contribution in [0, 0.1) is 5.92 Å². The first-order chi connectivity index (χ1) is 7.28. The molecule has 0 amide bonds. The smallest absolute Gasteiger partial charge is 0.0177 e. The fraction of sp³-hybridized carbons (Fsp3) is 0.692. The molecule has 0 bridgehead atoms. The molecular formula is C13H19NS. The molecule has 82 valence electrons. The van der Waals surface area contributed by atoms with Gasteiger partial charge in [-0.2, -0.15) is 0 Å². The average Bonchev–Trinajstić information content (AvgIpc) is 2.84. The van der Waals surface area contributed by atoms with Gasteiger partial charge in [-0.25, -0.2) is 0 Å². The highest BCUT2D eigenvalue weighted by Crippen LogP contribution is 2.49. The summed E-state index contributed by atoms with van der Waals surface area (Å²) in [6.45, 7) is 3.59. The van der Waals surface area contributed by atoms with E-state index in [1.165, 1.54) is 32.2 Å². The molecule has 0 saturated heterocycles. The van der Waals surface area contributed by atoms with Crippen molar-refractivity contribution in [3.63, 3.8) is 0 Å². The van der Waals surface area contributed by atoms with Crippen molar-refractivity contribution < 1.29 is 0 Å². The van der Waals surface area contributed by atoms with Gasteiger partial charge in [-0.3, -0.25) is 0 Å². The van der Waals surface area contributed by atoms with Crippen molar-refractivity contribution in [3.8, 4) is 0 Å². The third kappa shape index (κ3) is 1.85. The van der Waals surface area contributed by atoms with E-state index in [0.29, 0.717) is 5.41 Å². The molecule has 15 heavy (non-hydrogen) atoms. The lowest BCUT2D eigenvalue weighted by Crippen LogP contribution is -2.47. The third-order valence-corrected chi connectivity index (χ3v) is 4.94. The van der Waals surface area contributed by atoms with Crippen LogP contribution < -0.4 is 5.32 Å². The molecule has 0 aliphatic heterocycles. The van der Waals surface area contributed by atoms with Gasteiger partial charge in [0.25, 0.3) is 0 Å². The zero-order valence-corrected chi connectivity index (χ0v) is 10.1. The van der Waals surface area contributed by atoms with Crippen molar-refractivity contribution >= 4 is 11.3 Å². The molecule has 2 aliphatic rings. The summed E-state index contributed by atoms with van der Waals surface area (Å²) < 4.78 is 0. The predicted molar refractivity (Wildman–Crippen MR) is 65.4 cm³/mol. The molecule has 1 aromatic heterocycles. The SMILES string of the molecule is CC1CC(CNC2CC2)(c2cccs2)C1. The van der Waals surface area contributed by atoms with Gasteiger partial charge in [0.1, 0.15) is 0 Å². The van der Waals surface area contributed by atoms with Gasteiger partial charge < -0.3 is 5.32 Å². The van der Waals surface area contributed by atoms with Crippen molar-refractivity contribution in [2.24, 2.45) is 5.92 Å². The van der Waals surface area contributed by atoms with Crippen LogP contribution in [-0.2, 0) is 5.41 Å². The van der Waals surface area contributed by atoms with Crippen LogP contribution in [0.25, 0.3) is 0 Å². The number of thiophene rings is 1. The lowest BCUT2D eigenvalue weighted by Gasteiger charge is -2.46. The molecule has 3 rings (SSSR count). The van der Waals surface area contributed by atoms with Gasteiger partial charge in [-0.1, -0.05) is 13.0 Å². The maximum absolute atomic E-state index is 3.71. The molecule has 0 aromatic carbocycles. The average molecular weight is 221 g/mol. The fourth-order valence-electron chi connectivity index (χ4n) is 2.91. The Kier molecular flexibility index (Phi) is 2.37. The van der Waals surface area contributed by atoms with Gasteiger partial charge in [-0.05, 0) is 43.0 Å². The minimum absolute atomic E-state index is 0.496.